The van der Waals surface area contributed by atoms with Crippen LogP contribution in [-0.2, 0) is 22.6 Å². The Labute approximate surface area is 197 Å². The smallest absolute Gasteiger partial charge is 0.243 e. The molecule has 172 valence electrons. The van der Waals surface area contributed by atoms with Crippen molar-refractivity contribution in [1.29, 1.82) is 0 Å². The number of carbonyl (C=O) groups is 2. The number of carbonyl (C=O) groups excluding carboxylic acids is 2. The van der Waals surface area contributed by atoms with Crippen molar-refractivity contribution < 1.29 is 9.59 Å². The Morgan fingerprint density at radius 3 is 2.53 bits per heavy atom. The largest absolute Gasteiger partial charge is 0.352 e. The molecule has 0 spiro atoms. The predicted molar refractivity (Wildman–Crippen MR) is 131 cm³/mol. The SMILES string of the molecule is CCC(C(=O)NC1CCCCC1)N(Cc1cccc(C)c1)C(=O)CCc1ccccc1Cl. The van der Waals surface area contributed by atoms with E-state index in [0.717, 1.165) is 42.4 Å². The standard InChI is InChI=1S/C27H35ClN2O2/c1-3-25(27(32)29-23-13-5-4-6-14-23)30(19-21-11-9-10-20(2)18-21)26(31)17-16-22-12-7-8-15-24(22)28/h7-12,15,18,23,25H,3-6,13-14,16-17,19H2,1-2H3,(H,29,32). The lowest BCUT2D eigenvalue weighted by molar-refractivity contribution is -0.141. The van der Waals surface area contributed by atoms with E-state index in [1.807, 2.05) is 56.3 Å². The predicted octanol–water partition coefficient (Wildman–Crippen LogP) is 5.84. The highest BCUT2D eigenvalue weighted by molar-refractivity contribution is 6.31. The van der Waals surface area contributed by atoms with Gasteiger partial charge in [-0.05, 0) is 49.8 Å². The zero-order valence-electron chi connectivity index (χ0n) is 19.3. The second kappa shape index (κ2) is 12.1. The number of nitrogens with one attached hydrogen (secondary N) is 1. The molecule has 5 heteroatoms. The molecule has 0 aliphatic heterocycles. The van der Waals surface area contributed by atoms with Crippen LogP contribution < -0.4 is 5.32 Å². The van der Waals surface area contributed by atoms with E-state index in [0.29, 0.717) is 30.8 Å². The lowest BCUT2D eigenvalue weighted by atomic mass is 9.95. The molecule has 0 saturated heterocycles. The molecule has 0 radical (unpaired) electrons. The minimum atomic E-state index is -0.476. The van der Waals surface area contributed by atoms with Gasteiger partial charge in [0.05, 0.1) is 0 Å². The third kappa shape index (κ3) is 6.83. The van der Waals surface area contributed by atoms with E-state index in [9.17, 15) is 9.59 Å². The van der Waals surface area contributed by atoms with Crippen molar-refractivity contribution in [2.45, 2.75) is 83.8 Å². The first-order valence-corrected chi connectivity index (χ1v) is 12.2. The molecule has 0 aromatic heterocycles. The Balaban J connectivity index is 1.76. The Bertz CT molecular complexity index is 908. The van der Waals surface area contributed by atoms with Gasteiger partial charge in [-0.15, -0.1) is 0 Å². The summed E-state index contributed by atoms with van der Waals surface area (Å²) in [5.74, 6) is -0.0461. The number of hydrogen-bond acceptors (Lipinski definition) is 2. The Morgan fingerprint density at radius 1 is 1.09 bits per heavy atom. The van der Waals surface area contributed by atoms with Crippen molar-refractivity contribution in [3.63, 3.8) is 0 Å². The van der Waals surface area contributed by atoms with Gasteiger partial charge in [-0.2, -0.15) is 0 Å². The number of benzene rings is 2. The van der Waals surface area contributed by atoms with Gasteiger partial charge in [-0.1, -0.05) is 85.8 Å². The van der Waals surface area contributed by atoms with Crippen molar-refractivity contribution in [2.75, 3.05) is 0 Å². The third-order valence-electron chi connectivity index (χ3n) is 6.34. The number of hydrogen-bond donors (Lipinski definition) is 1. The average molecular weight is 455 g/mol. The number of halogens is 1. The fourth-order valence-corrected chi connectivity index (χ4v) is 4.79. The average Bonchev–Trinajstić information content (AvgIpc) is 2.79. The first-order chi connectivity index (χ1) is 15.5. The minimum Gasteiger partial charge on any atom is -0.352 e. The lowest BCUT2D eigenvalue weighted by Crippen LogP contribution is -2.51. The van der Waals surface area contributed by atoms with Crippen LogP contribution in [0.4, 0.5) is 0 Å². The highest BCUT2D eigenvalue weighted by Crippen LogP contribution is 2.21. The van der Waals surface area contributed by atoms with Gasteiger partial charge < -0.3 is 10.2 Å². The number of nitrogens with zero attached hydrogens (tertiary/aromatic N) is 1. The summed E-state index contributed by atoms with van der Waals surface area (Å²) in [5.41, 5.74) is 3.14. The van der Waals surface area contributed by atoms with Crippen LogP contribution in [0.1, 0.15) is 68.6 Å². The van der Waals surface area contributed by atoms with Gasteiger partial charge in [-0.3, -0.25) is 9.59 Å². The van der Waals surface area contributed by atoms with Gasteiger partial charge in [0.25, 0.3) is 0 Å². The van der Waals surface area contributed by atoms with Crippen LogP contribution >= 0.6 is 11.6 Å². The summed E-state index contributed by atoms with van der Waals surface area (Å²) < 4.78 is 0. The van der Waals surface area contributed by atoms with Gasteiger partial charge >= 0.3 is 0 Å². The zero-order valence-corrected chi connectivity index (χ0v) is 20.0. The Morgan fingerprint density at radius 2 is 1.84 bits per heavy atom. The first kappa shape index (κ1) is 24.3. The summed E-state index contributed by atoms with van der Waals surface area (Å²) in [6, 6.07) is 15.5. The minimum absolute atomic E-state index is 0.0166. The molecule has 1 fully saturated rings. The van der Waals surface area contributed by atoms with Gasteiger partial charge in [-0.25, -0.2) is 0 Å². The van der Waals surface area contributed by atoms with Crippen molar-refractivity contribution in [1.82, 2.24) is 10.2 Å². The van der Waals surface area contributed by atoms with Crippen LogP contribution in [0.5, 0.6) is 0 Å². The molecule has 1 saturated carbocycles. The van der Waals surface area contributed by atoms with Gasteiger partial charge in [0.15, 0.2) is 0 Å². The summed E-state index contributed by atoms with van der Waals surface area (Å²) in [6.45, 7) is 4.45. The molecule has 1 aliphatic rings. The maximum absolute atomic E-state index is 13.4. The van der Waals surface area contributed by atoms with Crippen LogP contribution in [0.2, 0.25) is 5.02 Å². The van der Waals surface area contributed by atoms with Crippen LogP contribution in [0, 0.1) is 6.92 Å². The number of aryl methyl sites for hydroxylation is 2. The van der Waals surface area contributed by atoms with Crippen LogP contribution in [-0.4, -0.2) is 28.8 Å². The Kier molecular flexibility index (Phi) is 9.16. The van der Waals surface area contributed by atoms with Crippen molar-refractivity contribution in [3.8, 4) is 0 Å². The highest BCUT2D eigenvalue weighted by atomic mass is 35.5. The molecule has 4 nitrogen and oxygen atoms in total. The van der Waals surface area contributed by atoms with Gasteiger partial charge in [0, 0.05) is 24.0 Å². The van der Waals surface area contributed by atoms with Crippen LogP contribution in [0.15, 0.2) is 48.5 Å². The molecule has 1 aliphatic carbocycles. The van der Waals surface area contributed by atoms with E-state index >= 15 is 0 Å². The normalized spacial score (nSPS) is 15.2. The van der Waals surface area contributed by atoms with Crippen molar-refractivity contribution in [3.05, 3.63) is 70.2 Å². The zero-order chi connectivity index (χ0) is 22.9. The maximum Gasteiger partial charge on any atom is 0.243 e. The van der Waals surface area contributed by atoms with E-state index in [2.05, 4.69) is 11.4 Å². The molecule has 2 aromatic rings. The van der Waals surface area contributed by atoms with Crippen molar-refractivity contribution in [2.24, 2.45) is 0 Å². The lowest BCUT2D eigenvalue weighted by Gasteiger charge is -2.33. The monoisotopic (exact) mass is 454 g/mol. The maximum atomic E-state index is 13.4. The quantitative estimate of drug-likeness (QED) is 0.517. The fourth-order valence-electron chi connectivity index (χ4n) is 4.56. The molecule has 1 N–H and O–H groups in total. The topological polar surface area (TPSA) is 49.4 Å². The van der Waals surface area contributed by atoms with Crippen LogP contribution in [0.25, 0.3) is 0 Å². The summed E-state index contributed by atoms with van der Waals surface area (Å²) >= 11 is 6.29. The summed E-state index contributed by atoms with van der Waals surface area (Å²) in [4.78, 5) is 28.4. The van der Waals surface area contributed by atoms with Gasteiger partial charge in [0.2, 0.25) is 11.8 Å². The molecule has 2 aromatic carbocycles. The third-order valence-corrected chi connectivity index (χ3v) is 6.71. The fraction of sp³-hybridized carbons (Fsp3) is 0.481. The summed E-state index contributed by atoms with van der Waals surface area (Å²) in [5, 5.41) is 3.91. The molecule has 0 heterocycles. The molecular weight excluding hydrogens is 420 g/mol. The Hall–Kier alpha value is -2.33. The molecule has 1 unspecified atom stereocenters. The summed E-state index contributed by atoms with van der Waals surface area (Å²) in [6.07, 6.45) is 7.08. The first-order valence-electron chi connectivity index (χ1n) is 11.9. The van der Waals surface area contributed by atoms with Crippen LogP contribution in [0.3, 0.4) is 0 Å². The van der Waals surface area contributed by atoms with Gasteiger partial charge in [0.1, 0.15) is 6.04 Å². The van der Waals surface area contributed by atoms with E-state index in [-0.39, 0.29) is 17.9 Å². The molecule has 2 amide bonds. The summed E-state index contributed by atoms with van der Waals surface area (Å²) in [7, 11) is 0. The molecular formula is C27H35ClN2O2. The highest BCUT2D eigenvalue weighted by Gasteiger charge is 2.30. The second-order valence-corrected chi connectivity index (χ2v) is 9.28. The second-order valence-electron chi connectivity index (χ2n) is 8.87. The van der Waals surface area contributed by atoms with E-state index in [4.69, 9.17) is 11.6 Å². The molecule has 32 heavy (non-hydrogen) atoms. The van der Waals surface area contributed by atoms with E-state index in [1.165, 1.54) is 6.42 Å². The molecule has 1 atom stereocenters. The van der Waals surface area contributed by atoms with Crippen molar-refractivity contribution >= 4 is 23.4 Å². The molecule has 0 bridgehead atoms. The van der Waals surface area contributed by atoms with E-state index in [1.54, 1.807) is 4.90 Å². The van der Waals surface area contributed by atoms with E-state index < -0.39 is 6.04 Å². The number of rotatable bonds is 9. The molecule has 3 rings (SSSR count). The number of amides is 2.